The maximum absolute atomic E-state index is 12.3. The molecule has 4 nitrogen and oxygen atoms in total. The van der Waals surface area contributed by atoms with Crippen molar-refractivity contribution in [3.63, 3.8) is 0 Å². The number of carbonyl (C=O) groups is 2. The fraction of sp³-hybridized carbons (Fsp3) is 0.455. The first-order valence-electron chi connectivity index (χ1n) is 9.44. The van der Waals surface area contributed by atoms with E-state index in [4.69, 9.17) is 0 Å². The van der Waals surface area contributed by atoms with E-state index in [1.54, 1.807) is 11.3 Å². The van der Waals surface area contributed by atoms with Gasteiger partial charge < -0.3 is 10.2 Å². The number of nitrogens with one attached hydrogen (secondary N) is 1. The van der Waals surface area contributed by atoms with Crippen molar-refractivity contribution < 1.29 is 9.59 Å². The van der Waals surface area contributed by atoms with Crippen molar-refractivity contribution in [2.45, 2.75) is 46.1 Å². The van der Waals surface area contributed by atoms with Gasteiger partial charge in [0.05, 0.1) is 6.04 Å². The van der Waals surface area contributed by atoms with Gasteiger partial charge in [0.2, 0.25) is 5.91 Å². The molecule has 2 aromatic rings. The Kier molecular flexibility index (Phi) is 7.75. The Morgan fingerprint density at radius 2 is 1.78 bits per heavy atom. The van der Waals surface area contributed by atoms with Crippen LogP contribution >= 0.6 is 11.3 Å². The van der Waals surface area contributed by atoms with E-state index in [1.165, 1.54) is 11.1 Å². The summed E-state index contributed by atoms with van der Waals surface area (Å²) in [5, 5.41) is 2.99. The lowest BCUT2D eigenvalue weighted by atomic mass is 10.0. The van der Waals surface area contributed by atoms with Gasteiger partial charge in [-0.3, -0.25) is 9.59 Å². The zero-order valence-corrected chi connectivity index (χ0v) is 17.8. The molecule has 5 heteroatoms. The summed E-state index contributed by atoms with van der Waals surface area (Å²) < 4.78 is 0. The summed E-state index contributed by atoms with van der Waals surface area (Å²) in [6, 6.07) is 10.6. The average molecular weight is 387 g/mol. The van der Waals surface area contributed by atoms with E-state index in [0.717, 1.165) is 21.7 Å². The molecular weight excluding hydrogens is 356 g/mol. The number of carbonyl (C=O) groups excluding carboxylic acids is 2. The van der Waals surface area contributed by atoms with Crippen molar-refractivity contribution in [3.8, 4) is 0 Å². The van der Waals surface area contributed by atoms with Crippen molar-refractivity contribution >= 4 is 23.0 Å². The minimum atomic E-state index is -0.0787. The lowest BCUT2D eigenvalue weighted by Crippen LogP contribution is -2.34. The number of likely N-dealkylation sites (N-methyl/N-ethyl adjacent to an activating group) is 1. The number of rotatable bonds is 9. The van der Waals surface area contributed by atoms with Gasteiger partial charge in [-0.15, -0.1) is 11.3 Å². The second-order valence-corrected chi connectivity index (χ2v) is 8.59. The van der Waals surface area contributed by atoms with Crippen molar-refractivity contribution in [2.75, 3.05) is 20.6 Å². The van der Waals surface area contributed by atoms with E-state index in [2.05, 4.69) is 41.4 Å². The number of amides is 1. The third-order valence-corrected chi connectivity index (χ3v) is 5.78. The Balaban J connectivity index is 1.88. The number of ketones is 1. The summed E-state index contributed by atoms with van der Waals surface area (Å²) in [6.07, 6.45) is 1.49. The quantitative estimate of drug-likeness (QED) is 0.653. The number of Topliss-reactive ketones (excluding diaryl/α,β-unsaturated/α-hetero) is 1. The van der Waals surface area contributed by atoms with Crippen LogP contribution in [0.15, 0.2) is 30.3 Å². The maximum Gasteiger partial charge on any atom is 0.220 e. The van der Waals surface area contributed by atoms with Gasteiger partial charge in [0, 0.05) is 34.7 Å². The molecule has 1 aromatic carbocycles. The number of nitrogens with zero attached hydrogens (tertiary/aromatic N) is 1. The number of benzene rings is 1. The van der Waals surface area contributed by atoms with Gasteiger partial charge in [0.1, 0.15) is 0 Å². The van der Waals surface area contributed by atoms with E-state index in [-0.39, 0.29) is 30.6 Å². The van der Waals surface area contributed by atoms with E-state index in [0.29, 0.717) is 6.54 Å². The number of hydrogen-bond donors (Lipinski definition) is 1. The molecule has 27 heavy (non-hydrogen) atoms. The molecule has 0 fully saturated rings. The predicted molar refractivity (Wildman–Crippen MR) is 113 cm³/mol. The highest BCUT2D eigenvalue weighted by Crippen LogP contribution is 2.22. The van der Waals surface area contributed by atoms with Gasteiger partial charge in [-0.2, -0.15) is 0 Å². The molecule has 0 radical (unpaired) electrons. The molecule has 0 saturated heterocycles. The molecule has 0 spiro atoms. The summed E-state index contributed by atoms with van der Waals surface area (Å²) in [7, 11) is 4.02. The van der Waals surface area contributed by atoms with Gasteiger partial charge in [-0.1, -0.05) is 31.2 Å². The van der Waals surface area contributed by atoms with Crippen LogP contribution < -0.4 is 5.32 Å². The monoisotopic (exact) mass is 386 g/mol. The summed E-state index contributed by atoms with van der Waals surface area (Å²) in [6.45, 7) is 6.62. The summed E-state index contributed by atoms with van der Waals surface area (Å²) in [4.78, 5) is 28.8. The number of thiophene rings is 1. The van der Waals surface area contributed by atoms with E-state index in [1.807, 2.05) is 34.0 Å². The molecule has 0 aliphatic heterocycles. The lowest BCUT2D eigenvalue weighted by molar-refractivity contribution is -0.121. The van der Waals surface area contributed by atoms with Gasteiger partial charge in [-0.25, -0.2) is 0 Å². The highest BCUT2D eigenvalue weighted by atomic mass is 32.1. The SMILES string of the molecule is CCc1ccc(C(CNC(=O)CCC(=O)c2cc(C)sc2C)N(C)C)cc1. The molecule has 0 aliphatic carbocycles. The summed E-state index contributed by atoms with van der Waals surface area (Å²) >= 11 is 1.62. The van der Waals surface area contributed by atoms with Gasteiger partial charge in [-0.05, 0) is 51.6 Å². The van der Waals surface area contributed by atoms with E-state index < -0.39 is 0 Å². The van der Waals surface area contributed by atoms with Crippen LogP contribution in [-0.4, -0.2) is 37.2 Å². The van der Waals surface area contributed by atoms with Crippen molar-refractivity contribution in [1.82, 2.24) is 10.2 Å². The molecule has 0 aliphatic rings. The summed E-state index contributed by atoms with van der Waals surface area (Å²) in [5.41, 5.74) is 3.24. The zero-order valence-electron chi connectivity index (χ0n) is 17.0. The van der Waals surface area contributed by atoms with Gasteiger partial charge >= 0.3 is 0 Å². The molecule has 2 rings (SSSR count). The minimum Gasteiger partial charge on any atom is -0.354 e. The Bertz CT molecular complexity index is 778. The number of hydrogen-bond acceptors (Lipinski definition) is 4. The first kappa shape index (κ1) is 21.3. The summed E-state index contributed by atoms with van der Waals surface area (Å²) in [5.74, 6) is -0.0312. The highest BCUT2D eigenvalue weighted by Gasteiger charge is 2.17. The van der Waals surface area contributed by atoms with Gasteiger partial charge in [0.25, 0.3) is 0 Å². The van der Waals surface area contributed by atoms with Crippen LogP contribution in [0.4, 0.5) is 0 Å². The molecule has 1 N–H and O–H groups in total. The first-order chi connectivity index (χ1) is 12.8. The maximum atomic E-state index is 12.3. The van der Waals surface area contributed by atoms with Crippen LogP contribution in [0, 0.1) is 13.8 Å². The van der Waals surface area contributed by atoms with Crippen LogP contribution in [0.3, 0.4) is 0 Å². The Morgan fingerprint density at radius 1 is 1.11 bits per heavy atom. The third kappa shape index (κ3) is 6.01. The standard InChI is InChI=1S/C22H30N2O2S/c1-6-17-7-9-18(10-8-17)20(24(4)5)14-23-22(26)12-11-21(25)19-13-15(2)27-16(19)3/h7-10,13,20H,6,11-12,14H2,1-5H3,(H,23,26). The smallest absolute Gasteiger partial charge is 0.220 e. The van der Waals surface area contributed by atoms with E-state index >= 15 is 0 Å². The molecule has 0 bridgehead atoms. The molecule has 1 unspecified atom stereocenters. The second kappa shape index (κ2) is 9.81. The molecular formula is C22H30N2O2S. The Morgan fingerprint density at radius 3 is 2.30 bits per heavy atom. The molecule has 1 atom stereocenters. The first-order valence-corrected chi connectivity index (χ1v) is 10.3. The van der Waals surface area contributed by atoms with Crippen molar-refractivity contribution in [3.05, 3.63) is 56.8 Å². The largest absolute Gasteiger partial charge is 0.354 e. The Hall–Kier alpha value is -1.98. The minimum absolute atomic E-state index is 0.0475. The molecule has 1 amide bonds. The average Bonchev–Trinajstić information content (AvgIpc) is 2.98. The predicted octanol–water partition coefficient (Wildman–Crippen LogP) is 4.31. The number of aryl methyl sites for hydroxylation is 3. The van der Waals surface area contributed by atoms with Crippen LogP contribution in [0.5, 0.6) is 0 Å². The van der Waals surface area contributed by atoms with Gasteiger partial charge in [0.15, 0.2) is 5.78 Å². The molecule has 1 heterocycles. The topological polar surface area (TPSA) is 49.4 Å². The fourth-order valence-electron chi connectivity index (χ4n) is 3.14. The van der Waals surface area contributed by atoms with Crippen LogP contribution in [0.1, 0.15) is 57.0 Å². The highest BCUT2D eigenvalue weighted by molar-refractivity contribution is 7.12. The van der Waals surface area contributed by atoms with Crippen molar-refractivity contribution in [2.24, 2.45) is 0 Å². The lowest BCUT2D eigenvalue weighted by Gasteiger charge is -2.25. The third-order valence-electron chi connectivity index (χ3n) is 4.81. The van der Waals surface area contributed by atoms with E-state index in [9.17, 15) is 9.59 Å². The molecule has 1 aromatic heterocycles. The Labute approximate surface area is 166 Å². The zero-order chi connectivity index (χ0) is 20.0. The molecule has 146 valence electrons. The van der Waals surface area contributed by atoms with Crippen molar-refractivity contribution in [1.29, 1.82) is 0 Å². The normalized spacial score (nSPS) is 12.2. The van der Waals surface area contributed by atoms with Crippen LogP contribution in [0.25, 0.3) is 0 Å². The molecule has 0 saturated carbocycles. The fourth-order valence-corrected chi connectivity index (χ4v) is 4.08. The second-order valence-electron chi connectivity index (χ2n) is 7.13. The van der Waals surface area contributed by atoms with Crippen LogP contribution in [-0.2, 0) is 11.2 Å². The van der Waals surface area contributed by atoms with Crippen LogP contribution in [0.2, 0.25) is 0 Å².